The number of nitrogens with zero attached hydrogens (tertiary/aromatic N) is 2. The summed E-state index contributed by atoms with van der Waals surface area (Å²) in [7, 11) is 2.03. The summed E-state index contributed by atoms with van der Waals surface area (Å²) in [5.41, 5.74) is 1.24. The van der Waals surface area contributed by atoms with Gasteiger partial charge in [0.25, 0.3) is 0 Å². The number of aromatic nitrogens is 2. The van der Waals surface area contributed by atoms with Gasteiger partial charge in [-0.05, 0) is 19.4 Å². The van der Waals surface area contributed by atoms with Gasteiger partial charge >= 0.3 is 0 Å². The molecule has 3 nitrogen and oxygen atoms in total. The first kappa shape index (κ1) is 11.0. The molecule has 0 aliphatic heterocycles. The number of imidazole rings is 1. The largest absolute Gasteiger partial charge is 0.336 e. The van der Waals surface area contributed by atoms with Gasteiger partial charge < -0.3 is 9.88 Å². The Labute approximate surface area is 85.8 Å². The van der Waals surface area contributed by atoms with Crippen LogP contribution in [0.25, 0.3) is 0 Å². The van der Waals surface area contributed by atoms with Crippen LogP contribution in [0, 0.1) is 0 Å². The third kappa shape index (κ3) is 2.70. The fourth-order valence-corrected chi connectivity index (χ4v) is 1.59. The maximum absolute atomic E-state index is 4.13. The minimum Gasteiger partial charge on any atom is -0.336 e. The topological polar surface area (TPSA) is 29.9 Å². The Balaban J connectivity index is 2.66. The standard InChI is InChI=1S/C11H19N3/c1-4-6-7-10(13-5-2)11-8-12-9-14(11)3/h4,8-10,13H,1,5-7H2,2-3H3. The lowest BCUT2D eigenvalue weighted by Gasteiger charge is -2.17. The zero-order valence-corrected chi connectivity index (χ0v) is 9.03. The SMILES string of the molecule is C=CCCC(NCC)c1cncn1C. The fourth-order valence-electron chi connectivity index (χ4n) is 1.59. The molecule has 1 rings (SSSR count). The van der Waals surface area contributed by atoms with Gasteiger partial charge in [0.2, 0.25) is 0 Å². The van der Waals surface area contributed by atoms with Crippen LogP contribution in [-0.4, -0.2) is 16.1 Å². The van der Waals surface area contributed by atoms with Crippen LogP contribution in [0.15, 0.2) is 25.2 Å². The monoisotopic (exact) mass is 193 g/mol. The van der Waals surface area contributed by atoms with E-state index in [1.807, 2.05) is 25.6 Å². The van der Waals surface area contributed by atoms with Crippen LogP contribution in [0.5, 0.6) is 0 Å². The Morgan fingerprint density at radius 2 is 2.50 bits per heavy atom. The maximum Gasteiger partial charge on any atom is 0.0946 e. The van der Waals surface area contributed by atoms with Crippen molar-refractivity contribution in [2.45, 2.75) is 25.8 Å². The van der Waals surface area contributed by atoms with E-state index in [0.29, 0.717) is 6.04 Å². The average Bonchev–Trinajstić information content (AvgIpc) is 2.59. The van der Waals surface area contributed by atoms with Crippen molar-refractivity contribution in [1.29, 1.82) is 0 Å². The lowest BCUT2D eigenvalue weighted by molar-refractivity contribution is 0.494. The van der Waals surface area contributed by atoms with Gasteiger partial charge in [0.15, 0.2) is 0 Å². The summed E-state index contributed by atoms with van der Waals surface area (Å²) in [6.07, 6.45) is 7.84. The summed E-state index contributed by atoms with van der Waals surface area (Å²) < 4.78 is 2.07. The van der Waals surface area contributed by atoms with Crippen LogP contribution in [0.2, 0.25) is 0 Å². The van der Waals surface area contributed by atoms with E-state index in [4.69, 9.17) is 0 Å². The first-order valence-electron chi connectivity index (χ1n) is 5.10. The lowest BCUT2D eigenvalue weighted by atomic mass is 10.1. The molecule has 78 valence electrons. The second-order valence-electron chi connectivity index (χ2n) is 3.41. The van der Waals surface area contributed by atoms with E-state index in [0.717, 1.165) is 19.4 Å². The smallest absolute Gasteiger partial charge is 0.0946 e. The summed E-state index contributed by atoms with van der Waals surface area (Å²) in [4.78, 5) is 4.13. The summed E-state index contributed by atoms with van der Waals surface area (Å²) in [6, 6.07) is 0.394. The predicted octanol–water partition coefficient (Wildman–Crippen LogP) is 2.04. The molecule has 0 fully saturated rings. The van der Waals surface area contributed by atoms with Crippen molar-refractivity contribution in [3.63, 3.8) is 0 Å². The summed E-state index contributed by atoms with van der Waals surface area (Å²) in [5.74, 6) is 0. The second kappa shape index (κ2) is 5.60. The average molecular weight is 193 g/mol. The van der Waals surface area contributed by atoms with Crippen LogP contribution in [0.3, 0.4) is 0 Å². The zero-order chi connectivity index (χ0) is 10.4. The van der Waals surface area contributed by atoms with Gasteiger partial charge in [-0.15, -0.1) is 6.58 Å². The molecule has 1 aromatic heterocycles. The molecule has 0 aliphatic carbocycles. The van der Waals surface area contributed by atoms with Crippen LogP contribution in [0.4, 0.5) is 0 Å². The summed E-state index contributed by atoms with van der Waals surface area (Å²) >= 11 is 0. The molecule has 1 unspecified atom stereocenters. The summed E-state index contributed by atoms with van der Waals surface area (Å²) in [5, 5.41) is 3.45. The van der Waals surface area contributed by atoms with E-state index in [9.17, 15) is 0 Å². The molecule has 3 heteroatoms. The van der Waals surface area contributed by atoms with Gasteiger partial charge in [-0.3, -0.25) is 0 Å². The first-order chi connectivity index (χ1) is 6.79. The van der Waals surface area contributed by atoms with Gasteiger partial charge in [0.05, 0.1) is 12.0 Å². The normalized spacial score (nSPS) is 12.7. The molecule has 1 atom stereocenters. The van der Waals surface area contributed by atoms with Crippen molar-refractivity contribution < 1.29 is 0 Å². The van der Waals surface area contributed by atoms with Gasteiger partial charge in [-0.25, -0.2) is 4.98 Å². The van der Waals surface area contributed by atoms with E-state index in [1.54, 1.807) is 0 Å². The minimum atomic E-state index is 0.394. The first-order valence-corrected chi connectivity index (χ1v) is 5.10. The van der Waals surface area contributed by atoms with Crippen LogP contribution in [0.1, 0.15) is 31.5 Å². The highest BCUT2D eigenvalue weighted by atomic mass is 15.1. The number of hydrogen-bond donors (Lipinski definition) is 1. The van der Waals surface area contributed by atoms with E-state index < -0.39 is 0 Å². The van der Waals surface area contributed by atoms with Crippen molar-refractivity contribution >= 4 is 0 Å². The Bertz CT molecular complexity index is 278. The predicted molar refractivity (Wildman–Crippen MR) is 59.1 cm³/mol. The Kier molecular flexibility index (Phi) is 4.40. The van der Waals surface area contributed by atoms with E-state index in [2.05, 4.69) is 28.4 Å². The van der Waals surface area contributed by atoms with Gasteiger partial charge in [0.1, 0.15) is 0 Å². The molecular formula is C11H19N3. The lowest BCUT2D eigenvalue weighted by Crippen LogP contribution is -2.22. The van der Waals surface area contributed by atoms with Crippen molar-refractivity contribution in [2.75, 3.05) is 6.54 Å². The number of allylic oxidation sites excluding steroid dienone is 1. The van der Waals surface area contributed by atoms with Gasteiger partial charge in [0, 0.05) is 19.3 Å². The molecule has 0 saturated carbocycles. The maximum atomic E-state index is 4.13. The number of hydrogen-bond acceptors (Lipinski definition) is 2. The zero-order valence-electron chi connectivity index (χ0n) is 9.03. The number of nitrogens with one attached hydrogen (secondary N) is 1. The molecule has 0 aliphatic rings. The highest BCUT2D eigenvalue weighted by Crippen LogP contribution is 2.17. The van der Waals surface area contributed by atoms with Crippen LogP contribution < -0.4 is 5.32 Å². The van der Waals surface area contributed by atoms with Gasteiger partial charge in [-0.2, -0.15) is 0 Å². The van der Waals surface area contributed by atoms with E-state index >= 15 is 0 Å². The van der Waals surface area contributed by atoms with Crippen LogP contribution >= 0.6 is 0 Å². The van der Waals surface area contributed by atoms with E-state index in [-0.39, 0.29) is 0 Å². The van der Waals surface area contributed by atoms with Crippen LogP contribution in [-0.2, 0) is 7.05 Å². The van der Waals surface area contributed by atoms with Gasteiger partial charge in [-0.1, -0.05) is 13.0 Å². The molecule has 0 saturated heterocycles. The third-order valence-electron chi connectivity index (χ3n) is 2.32. The number of aryl methyl sites for hydroxylation is 1. The number of rotatable bonds is 6. The molecular weight excluding hydrogens is 174 g/mol. The quantitative estimate of drug-likeness (QED) is 0.701. The summed E-state index contributed by atoms with van der Waals surface area (Å²) in [6.45, 7) is 6.85. The second-order valence-corrected chi connectivity index (χ2v) is 3.41. The molecule has 0 bridgehead atoms. The minimum absolute atomic E-state index is 0.394. The molecule has 1 heterocycles. The van der Waals surface area contributed by atoms with Crippen molar-refractivity contribution in [2.24, 2.45) is 7.05 Å². The molecule has 0 spiro atoms. The van der Waals surface area contributed by atoms with Crippen molar-refractivity contribution in [3.8, 4) is 0 Å². The molecule has 0 aromatic carbocycles. The Morgan fingerprint density at radius 1 is 1.71 bits per heavy atom. The molecule has 1 N–H and O–H groups in total. The van der Waals surface area contributed by atoms with Crippen molar-refractivity contribution in [3.05, 3.63) is 30.9 Å². The molecule has 1 aromatic rings. The molecule has 0 radical (unpaired) electrons. The Morgan fingerprint density at radius 3 is 3.00 bits per heavy atom. The molecule has 14 heavy (non-hydrogen) atoms. The van der Waals surface area contributed by atoms with Crippen molar-refractivity contribution in [1.82, 2.24) is 14.9 Å². The third-order valence-corrected chi connectivity index (χ3v) is 2.32. The highest BCUT2D eigenvalue weighted by molar-refractivity contribution is 5.05. The highest BCUT2D eigenvalue weighted by Gasteiger charge is 2.11. The van der Waals surface area contributed by atoms with E-state index in [1.165, 1.54) is 5.69 Å². The molecule has 0 amide bonds. The fraction of sp³-hybridized carbons (Fsp3) is 0.545. The Hall–Kier alpha value is -1.09.